The van der Waals surface area contributed by atoms with Gasteiger partial charge in [0.25, 0.3) is 0 Å². The standard InChI is InChI=1S/Cu.2H4O7P2/c;2*1-8(2,3)7-9(4,5)6/h;2*(H2,1,2,3)(H2,4,5,6)/q+2;;/p-2. The maximum Gasteiger partial charge on any atom is 2.00 e. The number of rotatable bonds is 4. The molecule has 0 aromatic rings. The van der Waals surface area contributed by atoms with Crippen molar-refractivity contribution in [2.24, 2.45) is 0 Å². The Kier molecular flexibility index (Phi) is 11.2. The van der Waals surface area contributed by atoms with Gasteiger partial charge in [0.1, 0.15) is 0 Å². The van der Waals surface area contributed by atoms with E-state index >= 15 is 0 Å². The largest absolute Gasteiger partial charge is 2.00 e. The molecule has 0 amide bonds. The monoisotopic (exact) mass is 417 g/mol. The first kappa shape index (κ1) is 25.0. The van der Waals surface area contributed by atoms with Crippen LogP contribution in [0.15, 0.2) is 0 Å². The summed E-state index contributed by atoms with van der Waals surface area (Å²) in [4.78, 5) is 65.1. The molecule has 19 heteroatoms. The average Bonchev–Trinajstić information content (AvgIpc) is 1.64. The van der Waals surface area contributed by atoms with Crippen molar-refractivity contribution in [3.05, 3.63) is 0 Å². The van der Waals surface area contributed by atoms with E-state index in [-0.39, 0.29) is 17.1 Å². The zero-order valence-electron chi connectivity index (χ0n) is 8.04. The van der Waals surface area contributed by atoms with Crippen LogP contribution in [0.4, 0.5) is 0 Å². The van der Waals surface area contributed by atoms with Gasteiger partial charge in [0.2, 0.25) is 0 Å². The predicted octanol–water partition coefficient (Wildman–Crippen LogP) is -2.89. The molecule has 0 saturated carbocycles. The molecule has 0 rings (SSSR count). The number of phosphoric acid groups is 4. The topological polar surface area (TPSA) is 254 Å². The molecule has 0 aliphatic rings. The van der Waals surface area contributed by atoms with E-state index in [0.717, 1.165) is 0 Å². The molecule has 121 valence electrons. The van der Waals surface area contributed by atoms with E-state index in [1.165, 1.54) is 0 Å². The number of hydrogen-bond donors (Lipinski definition) is 6. The molecule has 0 fully saturated rings. The van der Waals surface area contributed by atoms with Crippen LogP contribution in [0.25, 0.3) is 0 Å². The van der Waals surface area contributed by atoms with Crippen molar-refractivity contribution in [1.82, 2.24) is 0 Å². The molecule has 0 unspecified atom stereocenters. The second-order valence-electron chi connectivity index (χ2n) is 2.08. The van der Waals surface area contributed by atoms with Gasteiger partial charge in [0.05, 0.1) is 7.82 Å². The maximum absolute atomic E-state index is 9.63. The Hall–Kier alpha value is 1.04. The summed E-state index contributed by atoms with van der Waals surface area (Å²) in [5, 5.41) is 0. The fraction of sp³-hybridized carbons (Fsp3) is 0. The molecule has 19 heavy (non-hydrogen) atoms. The molecule has 0 saturated heterocycles. The minimum atomic E-state index is -5.55. The van der Waals surface area contributed by atoms with Gasteiger partial charge in [-0.3, -0.25) is 4.31 Å². The normalized spacial score (nSPS) is 13.1. The van der Waals surface area contributed by atoms with Crippen LogP contribution in [0, 0.1) is 0 Å². The Morgan fingerprint density at radius 2 is 0.842 bits per heavy atom. The van der Waals surface area contributed by atoms with Crippen molar-refractivity contribution < 1.29 is 83.1 Å². The Balaban J connectivity index is -0.000000256. The van der Waals surface area contributed by atoms with E-state index < -0.39 is 31.3 Å². The molecule has 0 aromatic heterocycles. The fourth-order valence-corrected chi connectivity index (χ4v) is 2.42. The van der Waals surface area contributed by atoms with Crippen molar-refractivity contribution >= 4 is 31.3 Å². The van der Waals surface area contributed by atoms with Gasteiger partial charge >= 0.3 is 40.5 Å². The summed E-state index contributed by atoms with van der Waals surface area (Å²) in [6, 6.07) is 0. The molecule has 14 nitrogen and oxygen atoms in total. The van der Waals surface area contributed by atoms with Crippen LogP contribution in [-0.4, -0.2) is 29.4 Å². The van der Waals surface area contributed by atoms with Gasteiger partial charge in [-0.05, 0) is 0 Å². The van der Waals surface area contributed by atoms with Crippen molar-refractivity contribution in [1.29, 1.82) is 0 Å². The van der Waals surface area contributed by atoms with Crippen LogP contribution in [0.3, 0.4) is 0 Å². The van der Waals surface area contributed by atoms with Crippen molar-refractivity contribution in [3.63, 3.8) is 0 Å². The SMILES string of the molecule is O=P(O)(O)OP(=O)(O)O.O=P([O-])([O-])OP(=O)(O)O.[Cu+2]. The van der Waals surface area contributed by atoms with Gasteiger partial charge in [-0.2, -0.15) is 4.31 Å². The first-order valence-electron chi connectivity index (χ1n) is 3.03. The predicted molar refractivity (Wildman–Crippen MR) is 45.9 cm³/mol. The summed E-state index contributed by atoms with van der Waals surface area (Å²) in [6.07, 6.45) is 0. The van der Waals surface area contributed by atoms with Crippen LogP contribution in [0.2, 0.25) is 0 Å². The van der Waals surface area contributed by atoms with E-state index in [1.807, 2.05) is 0 Å². The molecule has 1 radical (unpaired) electrons. The van der Waals surface area contributed by atoms with E-state index in [9.17, 15) is 28.0 Å². The summed E-state index contributed by atoms with van der Waals surface area (Å²) in [6.45, 7) is 0. The van der Waals surface area contributed by atoms with E-state index in [4.69, 9.17) is 29.4 Å². The van der Waals surface area contributed by atoms with Crippen LogP contribution < -0.4 is 9.79 Å². The maximum atomic E-state index is 9.63. The zero-order valence-corrected chi connectivity index (χ0v) is 12.6. The molecule has 0 bridgehead atoms. The van der Waals surface area contributed by atoms with Crippen molar-refractivity contribution in [3.8, 4) is 0 Å². The Bertz CT molecular complexity index is 342. The molecule has 6 N–H and O–H groups in total. The molecule has 0 heterocycles. The quantitative estimate of drug-likeness (QED) is 0.198. The summed E-state index contributed by atoms with van der Waals surface area (Å²) in [7, 11) is -20.8. The minimum Gasteiger partial charge on any atom is -0.789 e. The Morgan fingerprint density at radius 1 is 0.632 bits per heavy atom. The van der Waals surface area contributed by atoms with Crippen LogP contribution in [0.5, 0.6) is 0 Å². The van der Waals surface area contributed by atoms with Gasteiger partial charge in [-0.1, -0.05) is 0 Å². The molecule has 0 spiro atoms. The van der Waals surface area contributed by atoms with Crippen LogP contribution >= 0.6 is 31.3 Å². The molecule has 0 atom stereocenters. The third-order valence-corrected chi connectivity index (χ3v) is 3.77. The van der Waals surface area contributed by atoms with Crippen LogP contribution in [-0.2, 0) is 44.0 Å². The third-order valence-electron chi connectivity index (χ3n) is 0.419. The van der Waals surface area contributed by atoms with Gasteiger partial charge in [-0.15, -0.1) is 0 Å². The summed E-state index contributed by atoms with van der Waals surface area (Å²) in [5.41, 5.74) is 0. The second kappa shape index (κ2) is 8.47. The van der Waals surface area contributed by atoms with Gasteiger partial charge < -0.3 is 43.7 Å². The first-order valence-corrected chi connectivity index (χ1v) is 9.08. The fourth-order valence-electron chi connectivity index (χ4n) is 0.269. The molecule has 0 aliphatic carbocycles. The van der Waals surface area contributed by atoms with Gasteiger partial charge in [-0.25, -0.2) is 13.7 Å². The third kappa shape index (κ3) is 32.5. The number of hydrogen-bond acceptors (Lipinski definition) is 8. The summed E-state index contributed by atoms with van der Waals surface area (Å²) < 4.78 is 43.9. The molecule has 0 aromatic carbocycles. The van der Waals surface area contributed by atoms with Gasteiger partial charge in [0, 0.05) is 0 Å². The molecular formula is H6CuO14P4. The van der Waals surface area contributed by atoms with Crippen molar-refractivity contribution in [2.75, 3.05) is 0 Å². The smallest absolute Gasteiger partial charge is 0.789 e. The molecular weight excluding hydrogens is 411 g/mol. The first-order chi connectivity index (χ1) is 7.41. The van der Waals surface area contributed by atoms with E-state index in [1.54, 1.807) is 0 Å². The summed E-state index contributed by atoms with van der Waals surface area (Å²) >= 11 is 0. The van der Waals surface area contributed by atoms with Crippen LogP contribution in [0.1, 0.15) is 0 Å². The molecule has 0 aliphatic heterocycles. The van der Waals surface area contributed by atoms with Gasteiger partial charge in [0.15, 0.2) is 0 Å². The second-order valence-corrected chi connectivity index (χ2v) is 7.23. The van der Waals surface area contributed by atoms with E-state index in [2.05, 4.69) is 8.62 Å². The van der Waals surface area contributed by atoms with E-state index in [0.29, 0.717) is 0 Å². The average molecular weight is 417 g/mol. The van der Waals surface area contributed by atoms with Crippen molar-refractivity contribution in [2.45, 2.75) is 0 Å². The summed E-state index contributed by atoms with van der Waals surface area (Å²) in [5.74, 6) is 0. The Morgan fingerprint density at radius 3 is 0.842 bits per heavy atom. The Labute approximate surface area is 115 Å². The minimum absolute atomic E-state index is 0. The zero-order chi connectivity index (χ0) is 15.4.